The first kappa shape index (κ1) is 11.0. The lowest BCUT2D eigenvalue weighted by Gasteiger charge is -2.24. The van der Waals surface area contributed by atoms with Crippen molar-refractivity contribution in [1.29, 1.82) is 0 Å². The number of likely N-dealkylation sites (tertiary alicyclic amines) is 1. The van der Waals surface area contributed by atoms with Crippen molar-refractivity contribution in [3.05, 3.63) is 0 Å². The quantitative estimate of drug-likeness (QED) is 0.701. The zero-order valence-corrected chi connectivity index (χ0v) is 9.72. The van der Waals surface area contributed by atoms with E-state index in [4.69, 9.17) is 0 Å². The van der Waals surface area contributed by atoms with Gasteiger partial charge in [0.05, 0.1) is 0 Å². The third-order valence-electron chi connectivity index (χ3n) is 2.69. The van der Waals surface area contributed by atoms with E-state index in [9.17, 15) is 0 Å². The minimum absolute atomic E-state index is 0.404. The first-order chi connectivity index (χ1) is 5.88. The van der Waals surface area contributed by atoms with Gasteiger partial charge in [-0.05, 0) is 18.4 Å². The van der Waals surface area contributed by atoms with Crippen LogP contribution in [0.1, 0.15) is 27.7 Å². The average molecular weight is 184 g/mol. The zero-order valence-electron chi connectivity index (χ0n) is 9.72. The van der Waals surface area contributed by atoms with Crippen LogP contribution in [0, 0.1) is 11.3 Å². The maximum Gasteiger partial charge on any atom is 0.0232 e. The van der Waals surface area contributed by atoms with Gasteiger partial charge in [-0.1, -0.05) is 27.7 Å². The topological polar surface area (TPSA) is 15.3 Å². The monoisotopic (exact) mass is 184 g/mol. The molecule has 1 fully saturated rings. The molecule has 78 valence electrons. The van der Waals surface area contributed by atoms with E-state index in [2.05, 4.69) is 45.0 Å². The van der Waals surface area contributed by atoms with E-state index < -0.39 is 0 Å². The third-order valence-corrected chi connectivity index (χ3v) is 2.69. The van der Waals surface area contributed by atoms with Crippen molar-refractivity contribution >= 4 is 0 Å². The van der Waals surface area contributed by atoms with Gasteiger partial charge < -0.3 is 10.2 Å². The molecule has 0 spiro atoms. The SMILES string of the molecule is CC1CN(C)CC1NCC(C)(C)C. The molecule has 0 aromatic rings. The molecule has 0 bridgehead atoms. The van der Waals surface area contributed by atoms with Gasteiger partial charge in [0.15, 0.2) is 0 Å². The Hall–Kier alpha value is -0.0800. The van der Waals surface area contributed by atoms with Crippen LogP contribution in [0.25, 0.3) is 0 Å². The smallest absolute Gasteiger partial charge is 0.0232 e. The van der Waals surface area contributed by atoms with E-state index in [0.29, 0.717) is 11.5 Å². The minimum Gasteiger partial charge on any atom is -0.312 e. The van der Waals surface area contributed by atoms with Crippen molar-refractivity contribution in [2.45, 2.75) is 33.7 Å². The fraction of sp³-hybridized carbons (Fsp3) is 1.00. The average Bonchev–Trinajstić information content (AvgIpc) is 2.24. The molecule has 1 aliphatic heterocycles. The van der Waals surface area contributed by atoms with Crippen LogP contribution in [-0.2, 0) is 0 Å². The van der Waals surface area contributed by atoms with Crippen LogP contribution in [0.3, 0.4) is 0 Å². The van der Waals surface area contributed by atoms with Gasteiger partial charge in [0, 0.05) is 25.7 Å². The lowest BCUT2D eigenvalue weighted by molar-refractivity contribution is 0.331. The highest BCUT2D eigenvalue weighted by atomic mass is 15.2. The largest absolute Gasteiger partial charge is 0.312 e. The van der Waals surface area contributed by atoms with Gasteiger partial charge in [-0.3, -0.25) is 0 Å². The summed E-state index contributed by atoms with van der Waals surface area (Å²) in [5.74, 6) is 0.798. The molecule has 1 saturated heterocycles. The second kappa shape index (κ2) is 3.97. The van der Waals surface area contributed by atoms with Gasteiger partial charge in [-0.2, -0.15) is 0 Å². The van der Waals surface area contributed by atoms with Crippen molar-refractivity contribution < 1.29 is 0 Å². The Bertz CT molecular complexity index is 160. The van der Waals surface area contributed by atoms with Crippen LogP contribution in [0.15, 0.2) is 0 Å². The molecule has 2 atom stereocenters. The summed E-state index contributed by atoms with van der Waals surface area (Å²) in [7, 11) is 2.20. The molecule has 0 amide bonds. The van der Waals surface area contributed by atoms with Crippen LogP contribution in [0.2, 0.25) is 0 Å². The molecule has 1 N–H and O–H groups in total. The molecule has 1 rings (SSSR count). The molecule has 0 radical (unpaired) electrons. The normalized spacial score (nSPS) is 31.2. The molecule has 0 aromatic heterocycles. The highest BCUT2D eigenvalue weighted by Gasteiger charge is 2.27. The molecule has 1 aliphatic rings. The molecule has 2 nitrogen and oxygen atoms in total. The first-order valence-electron chi connectivity index (χ1n) is 5.30. The zero-order chi connectivity index (χ0) is 10.1. The van der Waals surface area contributed by atoms with E-state index in [1.165, 1.54) is 13.1 Å². The maximum absolute atomic E-state index is 3.66. The van der Waals surface area contributed by atoms with Crippen molar-refractivity contribution in [2.24, 2.45) is 11.3 Å². The number of nitrogens with zero attached hydrogens (tertiary/aromatic N) is 1. The number of rotatable bonds is 2. The minimum atomic E-state index is 0.404. The fourth-order valence-corrected chi connectivity index (χ4v) is 1.91. The van der Waals surface area contributed by atoms with Crippen molar-refractivity contribution in [3.63, 3.8) is 0 Å². The highest BCUT2D eigenvalue weighted by Crippen LogP contribution is 2.17. The summed E-state index contributed by atoms with van der Waals surface area (Å²) in [4.78, 5) is 2.41. The van der Waals surface area contributed by atoms with Gasteiger partial charge in [-0.15, -0.1) is 0 Å². The molecule has 2 heteroatoms. The van der Waals surface area contributed by atoms with Crippen molar-refractivity contribution in [3.8, 4) is 0 Å². The van der Waals surface area contributed by atoms with Crippen LogP contribution in [-0.4, -0.2) is 37.6 Å². The predicted octanol–water partition coefficient (Wildman–Crippen LogP) is 1.57. The number of likely N-dealkylation sites (N-methyl/N-ethyl adjacent to an activating group) is 1. The van der Waals surface area contributed by atoms with Gasteiger partial charge in [0.2, 0.25) is 0 Å². The van der Waals surface area contributed by atoms with E-state index in [1.54, 1.807) is 0 Å². The molecule has 13 heavy (non-hydrogen) atoms. The van der Waals surface area contributed by atoms with Crippen LogP contribution in [0.4, 0.5) is 0 Å². The first-order valence-corrected chi connectivity index (χ1v) is 5.30. The Morgan fingerprint density at radius 1 is 1.31 bits per heavy atom. The summed E-state index contributed by atoms with van der Waals surface area (Å²) in [6, 6.07) is 0.698. The number of nitrogens with one attached hydrogen (secondary N) is 1. The Morgan fingerprint density at radius 2 is 1.92 bits per heavy atom. The molecule has 2 unspecified atom stereocenters. The van der Waals surface area contributed by atoms with Crippen LogP contribution in [0.5, 0.6) is 0 Å². The van der Waals surface area contributed by atoms with Gasteiger partial charge in [-0.25, -0.2) is 0 Å². The molecule has 0 aliphatic carbocycles. The lowest BCUT2D eigenvalue weighted by Crippen LogP contribution is -2.40. The second-order valence-corrected chi connectivity index (χ2v) is 5.75. The van der Waals surface area contributed by atoms with E-state index >= 15 is 0 Å². The Balaban J connectivity index is 2.30. The highest BCUT2D eigenvalue weighted by molar-refractivity contribution is 4.86. The van der Waals surface area contributed by atoms with Crippen LogP contribution < -0.4 is 5.32 Å². The second-order valence-electron chi connectivity index (χ2n) is 5.75. The Morgan fingerprint density at radius 3 is 2.31 bits per heavy atom. The third kappa shape index (κ3) is 3.65. The molecular weight excluding hydrogens is 160 g/mol. The summed E-state index contributed by atoms with van der Waals surface area (Å²) in [6.07, 6.45) is 0. The number of hydrogen-bond acceptors (Lipinski definition) is 2. The predicted molar refractivity (Wildman–Crippen MR) is 57.9 cm³/mol. The molecule has 0 aromatic carbocycles. The molecule has 1 heterocycles. The van der Waals surface area contributed by atoms with Gasteiger partial charge >= 0.3 is 0 Å². The Labute approximate surface area is 82.7 Å². The summed E-state index contributed by atoms with van der Waals surface area (Å²) < 4.78 is 0. The van der Waals surface area contributed by atoms with Gasteiger partial charge in [0.25, 0.3) is 0 Å². The van der Waals surface area contributed by atoms with Crippen molar-refractivity contribution in [2.75, 3.05) is 26.7 Å². The summed E-state index contributed by atoms with van der Waals surface area (Å²) >= 11 is 0. The standard InChI is InChI=1S/C11H24N2/c1-9-6-13(5)7-10(9)12-8-11(2,3)4/h9-10,12H,6-8H2,1-5H3. The molecular formula is C11H24N2. The fourth-order valence-electron chi connectivity index (χ4n) is 1.91. The van der Waals surface area contributed by atoms with Crippen LogP contribution >= 0.6 is 0 Å². The number of hydrogen-bond donors (Lipinski definition) is 1. The van der Waals surface area contributed by atoms with Gasteiger partial charge in [0.1, 0.15) is 0 Å². The van der Waals surface area contributed by atoms with Crippen molar-refractivity contribution in [1.82, 2.24) is 10.2 Å². The van der Waals surface area contributed by atoms with E-state index in [1.807, 2.05) is 0 Å². The van der Waals surface area contributed by atoms with E-state index in [0.717, 1.165) is 12.5 Å². The Kier molecular flexibility index (Phi) is 3.36. The summed E-state index contributed by atoms with van der Waals surface area (Å²) in [5.41, 5.74) is 0.404. The lowest BCUT2D eigenvalue weighted by atomic mass is 9.95. The molecule has 0 saturated carbocycles. The summed E-state index contributed by atoms with van der Waals surface area (Å²) in [6.45, 7) is 12.7. The maximum atomic E-state index is 3.66. The van der Waals surface area contributed by atoms with E-state index in [-0.39, 0.29) is 0 Å². The summed E-state index contributed by atoms with van der Waals surface area (Å²) in [5, 5.41) is 3.66.